The molecular formula is C19H22ClN3O2. The number of para-hydroxylation sites is 1. The SMILES string of the molecule is COc1cccc(C=NN2CCN(Cc3ccccc3Cl)CC2)c1O. The van der Waals surface area contributed by atoms with Crippen LogP contribution in [0.25, 0.3) is 0 Å². The van der Waals surface area contributed by atoms with Gasteiger partial charge >= 0.3 is 0 Å². The number of hydrogen-bond donors (Lipinski definition) is 1. The summed E-state index contributed by atoms with van der Waals surface area (Å²) in [5.41, 5.74) is 1.81. The highest BCUT2D eigenvalue weighted by Crippen LogP contribution is 2.28. The summed E-state index contributed by atoms with van der Waals surface area (Å²) >= 11 is 6.23. The first-order chi connectivity index (χ1) is 12.2. The van der Waals surface area contributed by atoms with Gasteiger partial charge < -0.3 is 9.84 Å². The molecule has 0 unspecified atom stereocenters. The fourth-order valence-electron chi connectivity index (χ4n) is 2.83. The topological polar surface area (TPSA) is 48.3 Å². The van der Waals surface area contributed by atoms with Crippen LogP contribution < -0.4 is 4.74 Å². The fraction of sp³-hybridized carbons (Fsp3) is 0.316. The number of halogens is 1. The van der Waals surface area contributed by atoms with Crippen LogP contribution in [-0.4, -0.2) is 54.5 Å². The van der Waals surface area contributed by atoms with E-state index in [1.165, 1.54) is 7.11 Å². The maximum Gasteiger partial charge on any atom is 0.166 e. The van der Waals surface area contributed by atoms with Gasteiger partial charge in [-0.1, -0.05) is 35.9 Å². The van der Waals surface area contributed by atoms with Crippen LogP contribution in [0, 0.1) is 0 Å². The minimum Gasteiger partial charge on any atom is -0.504 e. The zero-order valence-electron chi connectivity index (χ0n) is 14.2. The molecule has 2 aromatic rings. The standard InChI is InChI=1S/C19H22ClN3O2/c1-25-18-8-4-6-15(19(18)24)13-21-23-11-9-22(10-12-23)14-16-5-2-3-7-17(16)20/h2-8,13,24H,9-12,14H2,1H3. The maximum atomic E-state index is 10.1. The molecule has 1 aliphatic rings. The minimum atomic E-state index is 0.117. The highest BCUT2D eigenvalue weighted by molar-refractivity contribution is 6.31. The van der Waals surface area contributed by atoms with Crippen molar-refractivity contribution in [3.05, 3.63) is 58.6 Å². The summed E-state index contributed by atoms with van der Waals surface area (Å²) in [6.07, 6.45) is 1.68. The third-order valence-corrected chi connectivity index (χ3v) is 4.68. The van der Waals surface area contributed by atoms with Gasteiger partial charge in [0.2, 0.25) is 0 Å². The molecule has 1 heterocycles. The number of phenols is 1. The number of phenolic OH excluding ortho intramolecular Hbond substituents is 1. The molecule has 0 aromatic heterocycles. The highest BCUT2D eigenvalue weighted by Gasteiger charge is 2.16. The summed E-state index contributed by atoms with van der Waals surface area (Å²) in [6.45, 7) is 4.38. The predicted octanol–water partition coefficient (Wildman–Crippen LogP) is 3.21. The number of nitrogens with zero attached hydrogens (tertiary/aromatic N) is 3. The molecule has 3 rings (SSSR count). The van der Waals surface area contributed by atoms with Crippen molar-refractivity contribution in [3.8, 4) is 11.5 Å². The largest absolute Gasteiger partial charge is 0.504 e. The van der Waals surface area contributed by atoms with Gasteiger partial charge in [0.15, 0.2) is 11.5 Å². The molecule has 1 fully saturated rings. The van der Waals surface area contributed by atoms with Crippen molar-refractivity contribution in [2.45, 2.75) is 6.54 Å². The third kappa shape index (κ3) is 4.44. The summed E-state index contributed by atoms with van der Waals surface area (Å²) in [5, 5.41) is 17.4. The van der Waals surface area contributed by atoms with Crippen LogP contribution in [0.2, 0.25) is 5.02 Å². The van der Waals surface area contributed by atoms with Crippen LogP contribution in [0.5, 0.6) is 11.5 Å². The first-order valence-corrected chi connectivity index (χ1v) is 8.66. The monoisotopic (exact) mass is 359 g/mol. The zero-order valence-corrected chi connectivity index (χ0v) is 15.0. The summed E-state index contributed by atoms with van der Waals surface area (Å²) in [7, 11) is 1.54. The van der Waals surface area contributed by atoms with Gasteiger partial charge in [0.05, 0.1) is 13.3 Å². The fourth-order valence-corrected chi connectivity index (χ4v) is 3.03. The Bertz CT molecular complexity index is 743. The lowest BCUT2D eigenvalue weighted by molar-refractivity contribution is 0.131. The highest BCUT2D eigenvalue weighted by atomic mass is 35.5. The number of hydrogen-bond acceptors (Lipinski definition) is 5. The quantitative estimate of drug-likeness (QED) is 0.833. The number of benzene rings is 2. The van der Waals surface area contributed by atoms with Crippen LogP contribution in [0.1, 0.15) is 11.1 Å². The van der Waals surface area contributed by atoms with Crippen molar-refractivity contribution in [1.82, 2.24) is 9.91 Å². The van der Waals surface area contributed by atoms with E-state index in [9.17, 15) is 5.11 Å². The third-order valence-electron chi connectivity index (χ3n) is 4.31. The number of methoxy groups -OCH3 is 1. The number of ether oxygens (including phenoxy) is 1. The lowest BCUT2D eigenvalue weighted by Gasteiger charge is -2.33. The van der Waals surface area contributed by atoms with E-state index < -0.39 is 0 Å². The number of piperazine rings is 1. The normalized spacial score (nSPS) is 15.7. The Morgan fingerprint density at radius 1 is 1.12 bits per heavy atom. The molecule has 5 nitrogen and oxygen atoms in total. The molecule has 1 aliphatic heterocycles. The molecule has 0 radical (unpaired) electrons. The molecule has 0 bridgehead atoms. The van der Waals surface area contributed by atoms with E-state index in [2.05, 4.69) is 16.1 Å². The number of hydrazone groups is 1. The zero-order chi connectivity index (χ0) is 17.6. The predicted molar refractivity (Wildman–Crippen MR) is 101 cm³/mol. The van der Waals surface area contributed by atoms with Gasteiger partial charge in [-0.15, -0.1) is 0 Å². The van der Waals surface area contributed by atoms with E-state index in [0.29, 0.717) is 11.3 Å². The van der Waals surface area contributed by atoms with Crippen molar-refractivity contribution in [3.63, 3.8) is 0 Å². The first-order valence-electron chi connectivity index (χ1n) is 8.28. The van der Waals surface area contributed by atoms with Gasteiger partial charge in [-0.05, 0) is 23.8 Å². The second kappa shape index (κ2) is 8.23. The van der Waals surface area contributed by atoms with Crippen LogP contribution in [0.4, 0.5) is 0 Å². The molecule has 25 heavy (non-hydrogen) atoms. The molecule has 2 aromatic carbocycles. The van der Waals surface area contributed by atoms with E-state index in [4.69, 9.17) is 16.3 Å². The average molecular weight is 360 g/mol. The smallest absolute Gasteiger partial charge is 0.166 e. The molecule has 6 heteroatoms. The summed E-state index contributed by atoms with van der Waals surface area (Å²) in [6, 6.07) is 13.3. The molecular weight excluding hydrogens is 338 g/mol. The molecule has 0 aliphatic carbocycles. The Morgan fingerprint density at radius 2 is 1.88 bits per heavy atom. The van der Waals surface area contributed by atoms with Crippen molar-refractivity contribution in [1.29, 1.82) is 0 Å². The van der Waals surface area contributed by atoms with Crippen molar-refractivity contribution in [2.75, 3.05) is 33.3 Å². The lowest BCUT2D eigenvalue weighted by atomic mass is 10.2. The molecule has 1 saturated heterocycles. The molecule has 132 valence electrons. The summed E-state index contributed by atoms with van der Waals surface area (Å²) < 4.78 is 5.12. The molecule has 0 saturated carbocycles. The Labute approximate surface area is 153 Å². The van der Waals surface area contributed by atoms with Crippen molar-refractivity contribution >= 4 is 17.8 Å². The maximum absolute atomic E-state index is 10.1. The summed E-state index contributed by atoms with van der Waals surface area (Å²) in [4.78, 5) is 2.37. The number of rotatable bonds is 5. The van der Waals surface area contributed by atoms with Gasteiger partial charge in [-0.2, -0.15) is 5.10 Å². The van der Waals surface area contributed by atoms with Gasteiger partial charge in [-0.25, -0.2) is 0 Å². The van der Waals surface area contributed by atoms with E-state index >= 15 is 0 Å². The van der Waals surface area contributed by atoms with Crippen LogP contribution in [0.15, 0.2) is 47.6 Å². The lowest BCUT2D eigenvalue weighted by Crippen LogP contribution is -2.43. The average Bonchev–Trinajstić information content (AvgIpc) is 2.64. The van der Waals surface area contributed by atoms with E-state index in [1.807, 2.05) is 35.3 Å². The molecule has 0 amide bonds. The second-order valence-corrected chi connectivity index (χ2v) is 6.37. The van der Waals surface area contributed by atoms with Crippen molar-refractivity contribution in [2.24, 2.45) is 5.10 Å². The molecule has 1 N–H and O–H groups in total. The van der Waals surface area contributed by atoms with Crippen LogP contribution in [0.3, 0.4) is 0 Å². The van der Waals surface area contributed by atoms with E-state index in [1.54, 1.807) is 12.3 Å². The summed E-state index contributed by atoms with van der Waals surface area (Å²) in [5.74, 6) is 0.569. The van der Waals surface area contributed by atoms with Crippen LogP contribution >= 0.6 is 11.6 Å². The van der Waals surface area contributed by atoms with Gasteiger partial charge in [0.1, 0.15) is 0 Å². The van der Waals surface area contributed by atoms with Gasteiger partial charge in [0.25, 0.3) is 0 Å². The minimum absolute atomic E-state index is 0.117. The van der Waals surface area contributed by atoms with Crippen molar-refractivity contribution < 1.29 is 9.84 Å². The molecule has 0 spiro atoms. The molecule has 0 atom stereocenters. The Morgan fingerprint density at radius 3 is 2.60 bits per heavy atom. The second-order valence-electron chi connectivity index (χ2n) is 5.96. The Hall–Kier alpha value is -2.24. The van der Waals surface area contributed by atoms with Crippen LogP contribution in [-0.2, 0) is 6.54 Å². The number of aromatic hydroxyl groups is 1. The Balaban J connectivity index is 1.55. The van der Waals surface area contributed by atoms with Gasteiger partial charge in [-0.3, -0.25) is 9.91 Å². The first kappa shape index (κ1) is 17.6. The van der Waals surface area contributed by atoms with E-state index in [0.717, 1.165) is 43.3 Å². The van der Waals surface area contributed by atoms with Gasteiger partial charge in [0, 0.05) is 43.3 Å². The Kier molecular flexibility index (Phi) is 5.79. The van der Waals surface area contributed by atoms with E-state index in [-0.39, 0.29) is 5.75 Å².